The first-order chi connectivity index (χ1) is 14.4. The Labute approximate surface area is 180 Å². The molecule has 1 atom stereocenters. The van der Waals surface area contributed by atoms with Gasteiger partial charge in [-0.2, -0.15) is 0 Å². The number of pyridine rings is 1. The van der Waals surface area contributed by atoms with Crippen molar-refractivity contribution in [3.8, 4) is 11.3 Å². The van der Waals surface area contributed by atoms with Crippen LogP contribution in [-0.2, 0) is 15.1 Å². The molecule has 154 valence electrons. The SMILES string of the molecule is COCO[C@@](C)(c1cccc(F)c1)c1cc(-c2c[nH]c3ncc(Br)cc23)nc(N)n1. The molecule has 3 heterocycles. The predicted octanol–water partition coefficient (Wildman–Crippen LogP) is 4.39. The maximum atomic E-state index is 14.0. The number of methoxy groups -OCH3 is 1. The van der Waals surface area contributed by atoms with Gasteiger partial charge in [-0.05, 0) is 52.7 Å². The number of hydrogen-bond acceptors (Lipinski definition) is 6. The van der Waals surface area contributed by atoms with Gasteiger partial charge in [0.25, 0.3) is 0 Å². The quantitative estimate of drug-likeness (QED) is 0.404. The molecule has 30 heavy (non-hydrogen) atoms. The third kappa shape index (κ3) is 3.79. The summed E-state index contributed by atoms with van der Waals surface area (Å²) in [6, 6.07) is 9.88. The molecule has 9 heteroatoms. The number of nitrogens with zero attached hydrogens (tertiary/aromatic N) is 3. The van der Waals surface area contributed by atoms with Crippen molar-refractivity contribution in [2.24, 2.45) is 0 Å². The molecule has 0 saturated heterocycles. The lowest BCUT2D eigenvalue weighted by Crippen LogP contribution is -2.30. The average molecular weight is 472 g/mol. The van der Waals surface area contributed by atoms with E-state index in [0.29, 0.717) is 17.0 Å². The Morgan fingerprint density at radius 3 is 2.83 bits per heavy atom. The van der Waals surface area contributed by atoms with E-state index in [2.05, 4.69) is 35.9 Å². The summed E-state index contributed by atoms with van der Waals surface area (Å²) in [5, 5.41) is 0.874. The molecule has 0 radical (unpaired) electrons. The van der Waals surface area contributed by atoms with E-state index in [1.54, 1.807) is 31.3 Å². The second-order valence-electron chi connectivity index (χ2n) is 6.84. The van der Waals surface area contributed by atoms with Crippen LogP contribution in [0, 0.1) is 5.82 Å². The number of aromatic nitrogens is 4. The van der Waals surface area contributed by atoms with Crippen molar-refractivity contribution < 1.29 is 13.9 Å². The van der Waals surface area contributed by atoms with Crippen LogP contribution in [0.2, 0.25) is 0 Å². The molecule has 4 aromatic rings. The second-order valence-corrected chi connectivity index (χ2v) is 7.76. The van der Waals surface area contributed by atoms with Crippen molar-refractivity contribution in [3.63, 3.8) is 0 Å². The first-order valence-corrected chi connectivity index (χ1v) is 9.87. The van der Waals surface area contributed by atoms with E-state index in [9.17, 15) is 4.39 Å². The molecule has 0 amide bonds. The van der Waals surface area contributed by atoms with Crippen LogP contribution >= 0.6 is 15.9 Å². The highest BCUT2D eigenvalue weighted by Gasteiger charge is 2.33. The number of hydrogen-bond donors (Lipinski definition) is 2. The van der Waals surface area contributed by atoms with E-state index in [1.807, 2.05) is 12.3 Å². The molecule has 0 spiro atoms. The topological polar surface area (TPSA) is 98.9 Å². The molecule has 0 aliphatic rings. The molecule has 1 aromatic carbocycles. The van der Waals surface area contributed by atoms with Gasteiger partial charge in [-0.25, -0.2) is 19.3 Å². The molecule has 0 saturated carbocycles. The number of halogens is 2. The number of fused-ring (bicyclic) bond motifs is 1. The summed E-state index contributed by atoms with van der Waals surface area (Å²) >= 11 is 3.45. The lowest BCUT2D eigenvalue weighted by atomic mass is 9.91. The highest BCUT2D eigenvalue weighted by atomic mass is 79.9. The summed E-state index contributed by atoms with van der Waals surface area (Å²) in [5.41, 5.74) is 8.11. The number of ether oxygens (including phenoxy) is 2. The molecule has 0 aliphatic heterocycles. The number of nitrogen functional groups attached to an aromatic ring is 1. The number of nitrogens with one attached hydrogen (secondary N) is 1. The van der Waals surface area contributed by atoms with Crippen molar-refractivity contribution in [2.45, 2.75) is 12.5 Å². The molecular formula is C21H19BrFN5O2. The zero-order chi connectivity index (χ0) is 21.3. The zero-order valence-corrected chi connectivity index (χ0v) is 17.9. The molecule has 4 rings (SSSR count). The summed E-state index contributed by atoms with van der Waals surface area (Å²) in [5.74, 6) is -0.307. The fourth-order valence-corrected chi connectivity index (χ4v) is 3.64. The van der Waals surface area contributed by atoms with Crippen LogP contribution in [0.3, 0.4) is 0 Å². The first-order valence-electron chi connectivity index (χ1n) is 9.07. The van der Waals surface area contributed by atoms with E-state index in [1.165, 1.54) is 19.2 Å². The zero-order valence-electron chi connectivity index (χ0n) is 16.3. The molecule has 7 nitrogen and oxygen atoms in total. The number of aromatic amines is 1. The summed E-state index contributed by atoms with van der Waals surface area (Å²) in [7, 11) is 1.52. The predicted molar refractivity (Wildman–Crippen MR) is 115 cm³/mol. The maximum absolute atomic E-state index is 14.0. The molecule has 3 aromatic heterocycles. The van der Waals surface area contributed by atoms with Crippen LogP contribution < -0.4 is 5.73 Å². The molecule has 3 N–H and O–H groups in total. The minimum atomic E-state index is -1.12. The van der Waals surface area contributed by atoms with Crippen molar-refractivity contribution in [1.82, 2.24) is 19.9 Å². The minimum Gasteiger partial charge on any atom is -0.368 e. The van der Waals surface area contributed by atoms with Gasteiger partial charge in [0.05, 0.1) is 11.4 Å². The van der Waals surface area contributed by atoms with Crippen molar-refractivity contribution in [2.75, 3.05) is 19.6 Å². The molecule has 0 unspecified atom stereocenters. The molecule has 0 fully saturated rings. The van der Waals surface area contributed by atoms with Gasteiger partial charge in [-0.15, -0.1) is 0 Å². The Kier molecular flexibility index (Phi) is 5.50. The number of anilines is 1. The lowest BCUT2D eigenvalue weighted by molar-refractivity contribution is -0.109. The van der Waals surface area contributed by atoms with Gasteiger partial charge < -0.3 is 20.2 Å². The van der Waals surface area contributed by atoms with Gasteiger partial charge in [-0.3, -0.25) is 0 Å². The van der Waals surface area contributed by atoms with Crippen LogP contribution in [0.4, 0.5) is 10.3 Å². The van der Waals surface area contributed by atoms with E-state index in [-0.39, 0.29) is 18.6 Å². The van der Waals surface area contributed by atoms with E-state index in [0.717, 1.165) is 21.1 Å². The molecular weight excluding hydrogens is 453 g/mol. The van der Waals surface area contributed by atoms with Gasteiger partial charge in [0, 0.05) is 34.9 Å². The van der Waals surface area contributed by atoms with Crippen LogP contribution in [0.25, 0.3) is 22.3 Å². The fraction of sp³-hybridized carbons (Fsp3) is 0.190. The van der Waals surface area contributed by atoms with Gasteiger partial charge in [0.1, 0.15) is 23.9 Å². The Balaban J connectivity index is 1.89. The third-order valence-corrected chi connectivity index (χ3v) is 5.28. The highest BCUT2D eigenvalue weighted by molar-refractivity contribution is 9.10. The summed E-state index contributed by atoms with van der Waals surface area (Å²) in [6.45, 7) is 1.77. The normalized spacial score (nSPS) is 13.5. The number of rotatable bonds is 6. The summed E-state index contributed by atoms with van der Waals surface area (Å²) < 4.78 is 25.9. The minimum absolute atomic E-state index is 0.0177. The Hall–Kier alpha value is -2.88. The summed E-state index contributed by atoms with van der Waals surface area (Å²) in [4.78, 5) is 16.3. The van der Waals surface area contributed by atoms with Crippen LogP contribution in [0.1, 0.15) is 18.2 Å². The molecule has 0 aliphatic carbocycles. The third-order valence-electron chi connectivity index (χ3n) is 4.85. The van der Waals surface area contributed by atoms with Gasteiger partial charge in [0.15, 0.2) is 0 Å². The number of H-pyrrole nitrogens is 1. The Morgan fingerprint density at radius 2 is 2.07 bits per heavy atom. The lowest BCUT2D eigenvalue weighted by Gasteiger charge is -2.30. The van der Waals surface area contributed by atoms with Crippen molar-refractivity contribution in [3.05, 3.63) is 70.3 Å². The molecule has 0 bridgehead atoms. The Bertz CT molecular complexity index is 1220. The monoisotopic (exact) mass is 471 g/mol. The standard InChI is InChI=1S/C21H19BrFN5O2/c1-21(30-11-29-2,12-4-3-5-14(23)6-12)18-8-17(27-20(24)28-18)16-10-26-19-15(16)7-13(22)9-25-19/h3-10H,11H2,1-2H3,(H,25,26)(H2,24,27,28)/t21-/m0/s1. The number of benzene rings is 1. The van der Waals surface area contributed by atoms with Gasteiger partial charge >= 0.3 is 0 Å². The fourth-order valence-electron chi connectivity index (χ4n) is 3.31. The number of nitrogens with two attached hydrogens (primary N) is 1. The summed E-state index contributed by atoms with van der Waals surface area (Å²) in [6.07, 6.45) is 3.52. The largest absolute Gasteiger partial charge is 0.368 e. The smallest absolute Gasteiger partial charge is 0.220 e. The maximum Gasteiger partial charge on any atom is 0.220 e. The second kappa shape index (κ2) is 8.10. The van der Waals surface area contributed by atoms with Crippen LogP contribution in [-0.4, -0.2) is 33.8 Å². The van der Waals surface area contributed by atoms with E-state index < -0.39 is 5.60 Å². The van der Waals surface area contributed by atoms with Crippen LogP contribution in [0.15, 0.2) is 53.3 Å². The Morgan fingerprint density at radius 1 is 1.23 bits per heavy atom. The average Bonchev–Trinajstić information content (AvgIpc) is 3.14. The van der Waals surface area contributed by atoms with Crippen LogP contribution in [0.5, 0.6) is 0 Å². The highest BCUT2D eigenvalue weighted by Crippen LogP contribution is 2.36. The van der Waals surface area contributed by atoms with Gasteiger partial charge in [-0.1, -0.05) is 12.1 Å². The first kappa shape index (κ1) is 20.4. The van der Waals surface area contributed by atoms with E-state index in [4.69, 9.17) is 15.2 Å². The van der Waals surface area contributed by atoms with Crippen molar-refractivity contribution >= 4 is 32.9 Å². The van der Waals surface area contributed by atoms with E-state index >= 15 is 0 Å². The van der Waals surface area contributed by atoms with Gasteiger partial charge in [0.2, 0.25) is 5.95 Å². The van der Waals surface area contributed by atoms with Crippen molar-refractivity contribution in [1.29, 1.82) is 0 Å².